The van der Waals surface area contributed by atoms with Crippen molar-refractivity contribution in [3.8, 4) is 0 Å². The first kappa shape index (κ1) is 18.1. The molecule has 2 amide bonds. The van der Waals surface area contributed by atoms with Crippen LogP contribution < -0.4 is 15.1 Å². The fraction of sp³-hybridized carbons (Fsp3) is 0.118. The van der Waals surface area contributed by atoms with Crippen molar-refractivity contribution in [2.75, 3.05) is 23.9 Å². The van der Waals surface area contributed by atoms with Crippen LogP contribution in [0.5, 0.6) is 0 Å². The van der Waals surface area contributed by atoms with Gasteiger partial charge in [-0.25, -0.2) is 4.39 Å². The maximum atomic E-state index is 13.4. The van der Waals surface area contributed by atoms with E-state index in [2.05, 4.69) is 5.32 Å². The van der Waals surface area contributed by atoms with Gasteiger partial charge in [-0.05, 0) is 42.6 Å². The number of anilines is 2. The largest absolute Gasteiger partial charge is 0.441 e. The summed E-state index contributed by atoms with van der Waals surface area (Å²) < 4.78 is 18.9. The van der Waals surface area contributed by atoms with Gasteiger partial charge in [0, 0.05) is 20.2 Å². The van der Waals surface area contributed by atoms with E-state index in [1.807, 2.05) is 0 Å². The molecule has 0 saturated carbocycles. The Morgan fingerprint density at radius 3 is 2.62 bits per heavy atom. The standard InChI is InChI=1S/C17H13ClFN3O3S/c1-21(2)14-6-4-10(25-14)8-11-15(23)20-17(26)22(16(11)24)9-3-5-13(19)12(18)7-9/h3-8H,1-2H3,(H,20,23,26). The smallest absolute Gasteiger partial charge is 0.270 e. The number of nitrogens with one attached hydrogen (secondary N) is 1. The summed E-state index contributed by atoms with van der Waals surface area (Å²) in [6.45, 7) is 0. The molecule has 0 spiro atoms. The fourth-order valence-electron chi connectivity index (χ4n) is 2.32. The van der Waals surface area contributed by atoms with Gasteiger partial charge in [0.2, 0.25) is 0 Å². The molecule has 0 unspecified atom stereocenters. The lowest BCUT2D eigenvalue weighted by Crippen LogP contribution is -2.54. The van der Waals surface area contributed by atoms with Gasteiger partial charge >= 0.3 is 0 Å². The number of benzene rings is 1. The highest BCUT2D eigenvalue weighted by Crippen LogP contribution is 2.27. The Morgan fingerprint density at radius 2 is 2.00 bits per heavy atom. The van der Waals surface area contributed by atoms with Gasteiger partial charge in [0.15, 0.2) is 11.0 Å². The van der Waals surface area contributed by atoms with E-state index in [-0.39, 0.29) is 21.4 Å². The van der Waals surface area contributed by atoms with Crippen LogP contribution in [0.1, 0.15) is 5.76 Å². The van der Waals surface area contributed by atoms with Gasteiger partial charge in [0.1, 0.15) is 17.2 Å². The van der Waals surface area contributed by atoms with Crippen LogP contribution in [0.15, 0.2) is 40.3 Å². The molecule has 1 aliphatic rings. The van der Waals surface area contributed by atoms with Crippen LogP contribution in [0.3, 0.4) is 0 Å². The number of carbonyl (C=O) groups is 2. The van der Waals surface area contributed by atoms with Crippen molar-refractivity contribution in [2.24, 2.45) is 0 Å². The van der Waals surface area contributed by atoms with Gasteiger partial charge in [-0.1, -0.05) is 11.6 Å². The first-order valence-corrected chi connectivity index (χ1v) is 8.20. The van der Waals surface area contributed by atoms with Gasteiger partial charge in [-0.15, -0.1) is 0 Å². The van der Waals surface area contributed by atoms with Crippen molar-refractivity contribution in [3.63, 3.8) is 0 Å². The summed E-state index contributed by atoms with van der Waals surface area (Å²) in [5.41, 5.74) is 0.0735. The lowest BCUT2D eigenvalue weighted by molar-refractivity contribution is -0.122. The Kier molecular flexibility index (Phi) is 4.80. The van der Waals surface area contributed by atoms with Crippen LogP contribution in [0.2, 0.25) is 5.02 Å². The van der Waals surface area contributed by atoms with E-state index in [0.717, 1.165) is 11.0 Å². The zero-order chi connectivity index (χ0) is 19.0. The van der Waals surface area contributed by atoms with Crippen molar-refractivity contribution >= 4 is 58.4 Å². The minimum atomic E-state index is -0.663. The minimum absolute atomic E-state index is 0.117. The Labute approximate surface area is 158 Å². The molecule has 6 nitrogen and oxygen atoms in total. The molecule has 2 heterocycles. The van der Waals surface area contributed by atoms with Crippen LogP contribution in [0.25, 0.3) is 6.08 Å². The normalized spacial score (nSPS) is 16.2. The number of hydrogen-bond donors (Lipinski definition) is 1. The summed E-state index contributed by atoms with van der Waals surface area (Å²) in [5, 5.41) is 2.15. The van der Waals surface area contributed by atoms with Crippen molar-refractivity contribution in [2.45, 2.75) is 0 Å². The highest BCUT2D eigenvalue weighted by molar-refractivity contribution is 7.80. The second-order valence-electron chi connectivity index (χ2n) is 5.63. The number of thiocarbonyl (C=S) groups is 1. The third-order valence-corrected chi connectivity index (χ3v) is 4.18. The summed E-state index contributed by atoms with van der Waals surface area (Å²) in [7, 11) is 3.60. The molecule has 9 heteroatoms. The predicted octanol–water partition coefficient (Wildman–Crippen LogP) is 2.97. The average molecular weight is 394 g/mol. The number of furan rings is 1. The molecule has 0 atom stereocenters. The van der Waals surface area contributed by atoms with E-state index in [1.165, 1.54) is 18.2 Å². The molecule has 1 aromatic carbocycles. The summed E-state index contributed by atoms with van der Waals surface area (Å²) >= 11 is 10.9. The van der Waals surface area contributed by atoms with Crippen LogP contribution in [-0.4, -0.2) is 31.0 Å². The maximum Gasteiger partial charge on any atom is 0.270 e. The fourth-order valence-corrected chi connectivity index (χ4v) is 2.77. The summed E-state index contributed by atoms with van der Waals surface area (Å²) in [5.74, 6) is -1.04. The second kappa shape index (κ2) is 6.89. The third-order valence-electron chi connectivity index (χ3n) is 3.60. The van der Waals surface area contributed by atoms with E-state index in [1.54, 1.807) is 31.1 Å². The topological polar surface area (TPSA) is 65.8 Å². The van der Waals surface area contributed by atoms with Gasteiger partial charge < -0.3 is 9.32 Å². The van der Waals surface area contributed by atoms with Crippen LogP contribution in [0.4, 0.5) is 16.0 Å². The van der Waals surface area contributed by atoms with E-state index in [9.17, 15) is 14.0 Å². The Bertz CT molecular complexity index is 954. The molecule has 1 aromatic heterocycles. The van der Waals surface area contributed by atoms with Gasteiger partial charge in [0.05, 0.1) is 10.7 Å². The number of rotatable bonds is 3. The molecule has 1 N–H and O–H groups in total. The van der Waals surface area contributed by atoms with Crippen LogP contribution in [0, 0.1) is 5.82 Å². The molecule has 1 fully saturated rings. The average Bonchev–Trinajstić information content (AvgIpc) is 3.03. The molecule has 0 aliphatic carbocycles. The first-order chi connectivity index (χ1) is 12.3. The van der Waals surface area contributed by atoms with Gasteiger partial charge in [-0.3, -0.25) is 19.8 Å². The molecule has 3 rings (SSSR count). The quantitative estimate of drug-likeness (QED) is 0.493. The zero-order valence-electron chi connectivity index (χ0n) is 13.7. The highest BCUT2D eigenvalue weighted by atomic mass is 35.5. The number of nitrogens with zero attached hydrogens (tertiary/aromatic N) is 2. The SMILES string of the molecule is CN(C)c1ccc(C=C2C(=O)NC(=S)N(c3ccc(F)c(Cl)c3)C2=O)o1. The van der Waals surface area contributed by atoms with E-state index >= 15 is 0 Å². The van der Waals surface area contributed by atoms with E-state index < -0.39 is 17.6 Å². The number of amides is 2. The molecule has 26 heavy (non-hydrogen) atoms. The van der Waals surface area contributed by atoms with Gasteiger partial charge in [-0.2, -0.15) is 0 Å². The van der Waals surface area contributed by atoms with Crippen molar-refractivity contribution in [1.82, 2.24) is 5.32 Å². The lowest BCUT2D eigenvalue weighted by Gasteiger charge is -2.28. The number of carbonyl (C=O) groups excluding carboxylic acids is 2. The lowest BCUT2D eigenvalue weighted by atomic mass is 10.1. The molecule has 134 valence electrons. The van der Waals surface area contributed by atoms with E-state index in [4.69, 9.17) is 28.2 Å². The van der Waals surface area contributed by atoms with Gasteiger partial charge in [0.25, 0.3) is 11.8 Å². The van der Waals surface area contributed by atoms with Crippen molar-refractivity contribution in [1.29, 1.82) is 0 Å². The van der Waals surface area contributed by atoms with Crippen molar-refractivity contribution < 1.29 is 18.4 Å². The maximum absolute atomic E-state index is 13.4. The molecular formula is C17H13ClFN3O3S. The Morgan fingerprint density at radius 1 is 1.27 bits per heavy atom. The summed E-state index contributed by atoms with van der Waals surface area (Å²) in [6.07, 6.45) is 1.32. The monoisotopic (exact) mass is 393 g/mol. The molecular weight excluding hydrogens is 381 g/mol. The molecule has 2 aromatic rings. The first-order valence-electron chi connectivity index (χ1n) is 7.41. The summed E-state index contributed by atoms with van der Waals surface area (Å²) in [4.78, 5) is 27.8. The predicted molar refractivity (Wildman–Crippen MR) is 101 cm³/mol. The molecule has 0 bridgehead atoms. The van der Waals surface area contributed by atoms with Crippen molar-refractivity contribution in [3.05, 3.63) is 52.5 Å². The van der Waals surface area contributed by atoms with E-state index in [0.29, 0.717) is 11.6 Å². The third kappa shape index (κ3) is 3.33. The molecule has 1 saturated heterocycles. The second-order valence-corrected chi connectivity index (χ2v) is 6.42. The summed E-state index contributed by atoms with van der Waals surface area (Å²) in [6, 6.07) is 7.06. The highest BCUT2D eigenvalue weighted by Gasteiger charge is 2.35. The Balaban J connectivity index is 1.99. The Hall–Kier alpha value is -2.71. The number of hydrogen-bond acceptors (Lipinski definition) is 5. The molecule has 0 radical (unpaired) electrons. The number of halogens is 2. The molecule has 1 aliphatic heterocycles. The van der Waals surface area contributed by atoms with Crippen LogP contribution in [-0.2, 0) is 9.59 Å². The zero-order valence-corrected chi connectivity index (χ0v) is 15.3. The van der Waals surface area contributed by atoms with Crippen LogP contribution >= 0.6 is 23.8 Å². The minimum Gasteiger partial charge on any atom is -0.441 e.